The Hall–Kier alpha value is -2.78. The molecule has 3 aromatic rings. The monoisotopic (exact) mass is 360 g/mol. The standard InChI is InChI=1S/C16H16N4O4S/c1-22-9-14-19-13(20-24-14)8-23-15(21)12-10-25-16(18-12)17-7-11-5-3-2-4-6-11/h2-6,10H,7-9H2,1H3,(H,17,18). The predicted molar refractivity (Wildman–Crippen MR) is 90.0 cm³/mol. The molecule has 0 unspecified atom stereocenters. The summed E-state index contributed by atoms with van der Waals surface area (Å²) in [5.41, 5.74) is 1.37. The van der Waals surface area contributed by atoms with Gasteiger partial charge in [-0.3, -0.25) is 0 Å². The van der Waals surface area contributed by atoms with Crippen LogP contribution in [0.4, 0.5) is 5.13 Å². The van der Waals surface area contributed by atoms with E-state index in [0.717, 1.165) is 5.56 Å². The number of aromatic nitrogens is 3. The SMILES string of the molecule is COCc1nc(COC(=O)c2csc(NCc3ccccc3)n2)no1. The van der Waals surface area contributed by atoms with Gasteiger partial charge in [0.2, 0.25) is 5.82 Å². The van der Waals surface area contributed by atoms with Crippen LogP contribution < -0.4 is 5.32 Å². The second kappa shape index (κ2) is 8.36. The average molecular weight is 360 g/mol. The first kappa shape index (κ1) is 17.1. The van der Waals surface area contributed by atoms with Gasteiger partial charge in [0.15, 0.2) is 17.4 Å². The van der Waals surface area contributed by atoms with Crippen LogP contribution in [0.3, 0.4) is 0 Å². The first-order valence-electron chi connectivity index (χ1n) is 7.45. The molecule has 0 fully saturated rings. The van der Waals surface area contributed by atoms with Gasteiger partial charge < -0.3 is 19.3 Å². The highest BCUT2D eigenvalue weighted by Gasteiger charge is 2.14. The highest BCUT2D eigenvalue weighted by atomic mass is 32.1. The van der Waals surface area contributed by atoms with Crippen molar-refractivity contribution in [3.63, 3.8) is 0 Å². The minimum absolute atomic E-state index is 0.0870. The van der Waals surface area contributed by atoms with Crippen LogP contribution in [0.5, 0.6) is 0 Å². The molecule has 0 saturated heterocycles. The lowest BCUT2D eigenvalue weighted by Crippen LogP contribution is -2.07. The van der Waals surface area contributed by atoms with E-state index in [1.807, 2.05) is 30.3 Å². The lowest BCUT2D eigenvalue weighted by molar-refractivity contribution is 0.0453. The highest BCUT2D eigenvalue weighted by molar-refractivity contribution is 7.13. The van der Waals surface area contributed by atoms with Crippen LogP contribution in [-0.2, 0) is 29.2 Å². The van der Waals surface area contributed by atoms with Crippen molar-refractivity contribution >= 4 is 22.4 Å². The van der Waals surface area contributed by atoms with Crippen molar-refractivity contribution in [3.05, 3.63) is 58.7 Å². The van der Waals surface area contributed by atoms with Crippen LogP contribution in [0.15, 0.2) is 40.2 Å². The number of rotatable bonds is 8. The van der Waals surface area contributed by atoms with E-state index >= 15 is 0 Å². The number of nitrogens with zero attached hydrogens (tertiary/aromatic N) is 3. The van der Waals surface area contributed by atoms with Crippen molar-refractivity contribution in [1.29, 1.82) is 0 Å². The van der Waals surface area contributed by atoms with Gasteiger partial charge in [0, 0.05) is 19.0 Å². The molecule has 25 heavy (non-hydrogen) atoms. The minimum atomic E-state index is -0.540. The number of nitrogens with one attached hydrogen (secondary N) is 1. The van der Waals surface area contributed by atoms with Gasteiger partial charge in [-0.2, -0.15) is 4.98 Å². The van der Waals surface area contributed by atoms with E-state index in [2.05, 4.69) is 20.4 Å². The summed E-state index contributed by atoms with van der Waals surface area (Å²) in [4.78, 5) is 20.3. The fourth-order valence-corrected chi connectivity index (χ4v) is 2.64. The second-order valence-electron chi connectivity index (χ2n) is 4.99. The van der Waals surface area contributed by atoms with Gasteiger partial charge >= 0.3 is 5.97 Å². The molecular weight excluding hydrogens is 344 g/mol. The van der Waals surface area contributed by atoms with Crippen molar-refractivity contribution < 1.29 is 18.8 Å². The van der Waals surface area contributed by atoms with E-state index in [1.54, 1.807) is 5.38 Å². The Morgan fingerprint density at radius 2 is 2.08 bits per heavy atom. The number of thiazole rings is 1. The number of hydrogen-bond acceptors (Lipinski definition) is 9. The van der Waals surface area contributed by atoms with Crippen molar-refractivity contribution in [3.8, 4) is 0 Å². The molecule has 3 rings (SSSR count). The lowest BCUT2D eigenvalue weighted by Gasteiger charge is -2.02. The van der Waals surface area contributed by atoms with Gasteiger partial charge in [-0.1, -0.05) is 35.5 Å². The normalized spacial score (nSPS) is 10.6. The summed E-state index contributed by atoms with van der Waals surface area (Å²) in [6.07, 6.45) is 0. The number of anilines is 1. The molecule has 130 valence electrons. The Labute approximate surface area is 147 Å². The van der Waals surface area contributed by atoms with Gasteiger partial charge in [0.05, 0.1) is 0 Å². The summed E-state index contributed by atoms with van der Waals surface area (Å²) < 4.78 is 14.9. The zero-order valence-corrected chi connectivity index (χ0v) is 14.3. The maximum Gasteiger partial charge on any atom is 0.358 e. The second-order valence-corrected chi connectivity index (χ2v) is 5.85. The molecule has 0 atom stereocenters. The third kappa shape index (κ3) is 4.85. The summed E-state index contributed by atoms with van der Waals surface area (Å²) in [7, 11) is 1.52. The molecular formula is C16H16N4O4S. The molecule has 0 saturated carbocycles. The first-order chi connectivity index (χ1) is 12.2. The van der Waals surface area contributed by atoms with Gasteiger partial charge in [-0.25, -0.2) is 9.78 Å². The smallest absolute Gasteiger partial charge is 0.358 e. The average Bonchev–Trinajstić information content (AvgIpc) is 3.29. The molecule has 9 heteroatoms. The third-order valence-corrected chi connectivity index (χ3v) is 3.91. The van der Waals surface area contributed by atoms with E-state index in [-0.39, 0.29) is 24.7 Å². The fourth-order valence-electron chi connectivity index (χ4n) is 1.96. The number of ether oxygens (including phenoxy) is 2. The fraction of sp³-hybridized carbons (Fsp3) is 0.250. The summed E-state index contributed by atoms with van der Waals surface area (Å²) >= 11 is 1.34. The Balaban J connectivity index is 1.49. The zero-order valence-electron chi connectivity index (χ0n) is 13.5. The van der Waals surface area contributed by atoms with Crippen molar-refractivity contribution in [2.24, 2.45) is 0 Å². The molecule has 0 aliphatic carbocycles. The maximum absolute atomic E-state index is 12.0. The molecule has 0 radical (unpaired) electrons. The number of benzene rings is 1. The van der Waals surface area contributed by atoms with Crippen molar-refractivity contribution in [2.45, 2.75) is 19.8 Å². The van der Waals surface area contributed by atoms with Crippen LogP contribution >= 0.6 is 11.3 Å². The topological polar surface area (TPSA) is 99.4 Å². The van der Waals surface area contributed by atoms with Crippen LogP contribution in [0, 0.1) is 0 Å². The van der Waals surface area contributed by atoms with Crippen LogP contribution in [0.2, 0.25) is 0 Å². The number of methoxy groups -OCH3 is 1. The molecule has 1 aromatic carbocycles. The first-order valence-corrected chi connectivity index (χ1v) is 8.33. The Morgan fingerprint density at radius 1 is 1.24 bits per heavy atom. The van der Waals surface area contributed by atoms with E-state index in [1.165, 1.54) is 18.4 Å². The largest absolute Gasteiger partial charge is 0.453 e. The van der Waals surface area contributed by atoms with Crippen molar-refractivity contribution in [1.82, 2.24) is 15.1 Å². The third-order valence-electron chi connectivity index (χ3n) is 3.11. The highest BCUT2D eigenvalue weighted by Crippen LogP contribution is 2.17. The van der Waals surface area contributed by atoms with E-state index in [0.29, 0.717) is 17.6 Å². The Bertz CT molecular complexity index is 818. The maximum atomic E-state index is 12.0. The number of carbonyl (C=O) groups is 1. The predicted octanol–water partition coefficient (Wildman–Crippen LogP) is 2.64. The number of hydrogen-bond donors (Lipinski definition) is 1. The van der Waals surface area contributed by atoms with E-state index in [4.69, 9.17) is 14.0 Å². The summed E-state index contributed by atoms with van der Waals surface area (Å²) in [5.74, 6) is 0.0646. The van der Waals surface area contributed by atoms with Crippen LogP contribution in [0.25, 0.3) is 0 Å². The van der Waals surface area contributed by atoms with Gasteiger partial charge in [0.25, 0.3) is 5.89 Å². The number of carbonyl (C=O) groups excluding carboxylic acids is 1. The molecule has 0 aliphatic heterocycles. The molecule has 0 spiro atoms. The lowest BCUT2D eigenvalue weighted by atomic mass is 10.2. The van der Waals surface area contributed by atoms with E-state index < -0.39 is 5.97 Å². The molecule has 0 amide bonds. The molecule has 0 aliphatic rings. The van der Waals surface area contributed by atoms with E-state index in [9.17, 15) is 4.79 Å². The molecule has 2 aromatic heterocycles. The number of esters is 1. The Morgan fingerprint density at radius 3 is 2.88 bits per heavy atom. The van der Waals surface area contributed by atoms with Gasteiger partial charge in [0.1, 0.15) is 6.61 Å². The Kier molecular flexibility index (Phi) is 5.70. The van der Waals surface area contributed by atoms with Gasteiger partial charge in [-0.15, -0.1) is 11.3 Å². The summed E-state index contributed by atoms with van der Waals surface area (Å²) in [6.45, 7) is 0.758. The molecule has 8 nitrogen and oxygen atoms in total. The van der Waals surface area contributed by atoms with Gasteiger partial charge in [-0.05, 0) is 5.56 Å². The molecule has 1 N–H and O–H groups in total. The summed E-state index contributed by atoms with van der Waals surface area (Å²) in [5, 5.41) is 9.16. The van der Waals surface area contributed by atoms with Crippen LogP contribution in [0.1, 0.15) is 27.8 Å². The summed E-state index contributed by atoms with van der Waals surface area (Å²) in [6, 6.07) is 9.93. The van der Waals surface area contributed by atoms with Crippen LogP contribution in [-0.4, -0.2) is 28.2 Å². The zero-order chi connectivity index (χ0) is 17.5. The quantitative estimate of drug-likeness (QED) is 0.612. The minimum Gasteiger partial charge on any atom is -0.453 e. The molecule has 2 heterocycles. The molecule has 0 bridgehead atoms. The van der Waals surface area contributed by atoms with Crippen molar-refractivity contribution in [2.75, 3.05) is 12.4 Å².